The van der Waals surface area contributed by atoms with E-state index >= 15 is 0 Å². The Hall–Kier alpha value is -4.31. The van der Waals surface area contributed by atoms with Crippen molar-refractivity contribution < 1.29 is 9.53 Å². The highest BCUT2D eigenvalue weighted by molar-refractivity contribution is 6.00. The van der Waals surface area contributed by atoms with Gasteiger partial charge in [0.2, 0.25) is 0 Å². The summed E-state index contributed by atoms with van der Waals surface area (Å²) in [5, 5.41) is 9.64. The van der Waals surface area contributed by atoms with Crippen LogP contribution in [-0.2, 0) is 9.53 Å². The third kappa shape index (κ3) is 2.73. The largest absolute Gasteiger partial charge is 0.456 e. The number of nitrogen functional groups attached to an aromatic ring is 2. The number of rotatable bonds is 2. The lowest BCUT2D eigenvalue weighted by molar-refractivity contribution is -0.136. The van der Waals surface area contributed by atoms with Gasteiger partial charge in [-0.2, -0.15) is 5.26 Å². The van der Waals surface area contributed by atoms with E-state index in [2.05, 4.69) is 11.1 Å². The molecule has 0 bridgehead atoms. The molecule has 0 spiro atoms. The van der Waals surface area contributed by atoms with Gasteiger partial charge in [0, 0.05) is 17.2 Å². The van der Waals surface area contributed by atoms with Gasteiger partial charge >= 0.3 is 5.97 Å². The van der Waals surface area contributed by atoms with Crippen LogP contribution in [0.3, 0.4) is 0 Å². The van der Waals surface area contributed by atoms with Crippen molar-refractivity contribution in [1.82, 2.24) is 4.98 Å². The summed E-state index contributed by atoms with van der Waals surface area (Å²) in [5.74, 6) is -0.356. The molecule has 2 aliphatic rings. The molecule has 0 fully saturated rings. The topological polar surface area (TPSA) is 118 Å². The maximum absolute atomic E-state index is 12.9. The number of esters is 1. The molecule has 7 heteroatoms. The van der Waals surface area contributed by atoms with Gasteiger partial charge < -0.3 is 16.2 Å². The summed E-state index contributed by atoms with van der Waals surface area (Å²) in [6.45, 7) is 2.12. The standard InChI is InChI=1S/C24H19N5O2/c1-13-7-9-15(10-8-13)29-17-12-31-24(30)19(17)18(14-5-3-2-4-6-14)20-21(26)16(11-25)22(27)28-23(20)29/h2-10,18H,12H2,1H3,(H4,26,27,28). The van der Waals surface area contributed by atoms with Crippen LogP contribution in [0.5, 0.6) is 0 Å². The first kappa shape index (κ1) is 18.7. The van der Waals surface area contributed by atoms with Gasteiger partial charge in [0.25, 0.3) is 0 Å². The third-order valence-electron chi connectivity index (χ3n) is 5.75. The molecule has 0 aliphatic carbocycles. The number of aromatic nitrogens is 1. The molecule has 7 nitrogen and oxygen atoms in total. The highest BCUT2D eigenvalue weighted by Crippen LogP contribution is 2.52. The number of aryl methyl sites for hydroxylation is 1. The van der Waals surface area contributed by atoms with Gasteiger partial charge in [0.05, 0.1) is 17.0 Å². The van der Waals surface area contributed by atoms with Gasteiger partial charge in [0.15, 0.2) is 0 Å². The maximum Gasteiger partial charge on any atom is 0.337 e. The number of nitriles is 1. The first-order chi connectivity index (χ1) is 15.0. The smallest absolute Gasteiger partial charge is 0.337 e. The molecule has 1 aromatic heterocycles. The van der Waals surface area contributed by atoms with Gasteiger partial charge in [-0.15, -0.1) is 0 Å². The van der Waals surface area contributed by atoms with Crippen molar-refractivity contribution in [3.8, 4) is 6.07 Å². The molecule has 2 aromatic carbocycles. The van der Waals surface area contributed by atoms with Crippen LogP contribution < -0.4 is 16.4 Å². The van der Waals surface area contributed by atoms with E-state index < -0.39 is 11.9 Å². The monoisotopic (exact) mass is 409 g/mol. The van der Waals surface area contributed by atoms with E-state index in [1.54, 1.807) is 0 Å². The molecular weight excluding hydrogens is 390 g/mol. The lowest BCUT2D eigenvalue weighted by atomic mass is 9.80. The van der Waals surface area contributed by atoms with Gasteiger partial charge in [-0.25, -0.2) is 9.78 Å². The second-order valence-electron chi connectivity index (χ2n) is 7.59. The van der Waals surface area contributed by atoms with Gasteiger partial charge in [-0.05, 0) is 24.6 Å². The summed E-state index contributed by atoms with van der Waals surface area (Å²) in [6, 6.07) is 19.5. The van der Waals surface area contributed by atoms with Crippen LogP contribution in [0.15, 0.2) is 65.9 Å². The molecule has 0 saturated carbocycles. The number of hydrogen-bond acceptors (Lipinski definition) is 7. The van der Waals surface area contributed by atoms with E-state index in [4.69, 9.17) is 16.2 Å². The number of cyclic esters (lactones) is 1. The Bertz CT molecular complexity index is 1290. The van der Waals surface area contributed by atoms with E-state index in [9.17, 15) is 10.1 Å². The fourth-order valence-corrected chi connectivity index (χ4v) is 4.30. The molecule has 5 rings (SSSR count). The number of benzene rings is 2. The molecule has 2 aliphatic heterocycles. The van der Waals surface area contributed by atoms with Crippen molar-refractivity contribution in [1.29, 1.82) is 5.26 Å². The highest BCUT2D eigenvalue weighted by Gasteiger charge is 2.44. The number of fused-ring (bicyclic) bond motifs is 1. The Balaban J connectivity index is 1.88. The molecule has 0 radical (unpaired) electrons. The summed E-state index contributed by atoms with van der Waals surface area (Å²) in [5.41, 5.74) is 17.5. The van der Waals surface area contributed by atoms with E-state index in [1.165, 1.54) is 0 Å². The number of nitrogens with zero attached hydrogens (tertiary/aromatic N) is 3. The van der Waals surface area contributed by atoms with Crippen molar-refractivity contribution in [2.24, 2.45) is 0 Å². The third-order valence-corrected chi connectivity index (χ3v) is 5.75. The number of carbonyl (C=O) groups is 1. The normalized spacial score (nSPS) is 17.1. The quantitative estimate of drug-likeness (QED) is 0.622. The molecule has 0 amide bonds. The number of ether oxygens (including phenoxy) is 1. The molecular formula is C24H19N5O2. The van der Waals surface area contributed by atoms with Crippen LogP contribution in [0, 0.1) is 18.3 Å². The molecule has 0 saturated heterocycles. The van der Waals surface area contributed by atoms with E-state index in [0.717, 1.165) is 16.8 Å². The zero-order valence-corrected chi connectivity index (χ0v) is 16.8. The maximum atomic E-state index is 12.9. The summed E-state index contributed by atoms with van der Waals surface area (Å²) in [7, 11) is 0. The molecule has 3 heterocycles. The van der Waals surface area contributed by atoms with E-state index in [1.807, 2.05) is 66.4 Å². The zero-order valence-electron chi connectivity index (χ0n) is 16.8. The summed E-state index contributed by atoms with van der Waals surface area (Å²) in [4.78, 5) is 19.4. The Morgan fingerprint density at radius 1 is 1.13 bits per heavy atom. The van der Waals surface area contributed by atoms with Crippen molar-refractivity contribution in [3.63, 3.8) is 0 Å². The SMILES string of the molecule is Cc1ccc(N2C3=C(C(=O)OC3)C(c3ccccc3)c3c2nc(N)c(C#N)c3N)cc1. The predicted octanol–water partition coefficient (Wildman–Crippen LogP) is 3.52. The Kier molecular flexibility index (Phi) is 4.15. The van der Waals surface area contributed by atoms with Gasteiger partial charge in [-0.1, -0.05) is 48.0 Å². The van der Waals surface area contributed by atoms with Crippen LogP contribution in [0.1, 0.15) is 28.2 Å². The van der Waals surface area contributed by atoms with Crippen molar-refractivity contribution in [2.75, 3.05) is 23.0 Å². The Morgan fingerprint density at radius 2 is 1.84 bits per heavy atom. The van der Waals surface area contributed by atoms with Crippen LogP contribution in [0.2, 0.25) is 0 Å². The second kappa shape index (κ2) is 6.89. The predicted molar refractivity (Wildman–Crippen MR) is 117 cm³/mol. The summed E-state index contributed by atoms with van der Waals surface area (Å²) in [6.07, 6.45) is 0. The Labute approximate surface area is 179 Å². The van der Waals surface area contributed by atoms with E-state index in [0.29, 0.717) is 22.7 Å². The van der Waals surface area contributed by atoms with Crippen LogP contribution in [0.25, 0.3) is 0 Å². The minimum Gasteiger partial charge on any atom is -0.456 e. The molecule has 31 heavy (non-hydrogen) atoms. The fraction of sp³-hybridized carbons (Fsp3) is 0.125. The number of hydrogen-bond donors (Lipinski definition) is 2. The number of anilines is 4. The van der Waals surface area contributed by atoms with Gasteiger partial charge in [0.1, 0.15) is 29.9 Å². The van der Waals surface area contributed by atoms with Crippen LogP contribution >= 0.6 is 0 Å². The fourth-order valence-electron chi connectivity index (χ4n) is 4.30. The van der Waals surface area contributed by atoms with Crippen molar-refractivity contribution in [2.45, 2.75) is 12.8 Å². The van der Waals surface area contributed by atoms with Crippen LogP contribution in [0.4, 0.5) is 23.0 Å². The highest BCUT2D eigenvalue weighted by atomic mass is 16.5. The number of pyridine rings is 1. The summed E-state index contributed by atoms with van der Waals surface area (Å²) < 4.78 is 5.47. The lowest BCUT2D eigenvalue weighted by Gasteiger charge is -2.36. The van der Waals surface area contributed by atoms with Crippen molar-refractivity contribution >= 4 is 29.0 Å². The minimum atomic E-state index is -0.511. The molecule has 152 valence electrons. The minimum absolute atomic E-state index is 0.0527. The second-order valence-corrected chi connectivity index (χ2v) is 7.59. The first-order valence-corrected chi connectivity index (χ1v) is 9.82. The van der Waals surface area contributed by atoms with E-state index in [-0.39, 0.29) is 23.7 Å². The lowest BCUT2D eigenvalue weighted by Crippen LogP contribution is -2.30. The average Bonchev–Trinajstić information content (AvgIpc) is 3.15. The molecule has 3 aromatic rings. The number of carbonyl (C=O) groups excluding carboxylic acids is 1. The molecule has 1 unspecified atom stereocenters. The van der Waals surface area contributed by atoms with Gasteiger partial charge in [-0.3, -0.25) is 4.90 Å². The zero-order chi connectivity index (χ0) is 21.7. The molecule has 4 N–H and O–H groups in total. The van der Waals surface area contributed by atoms with Crippen LogP contribution in [-0.4, -0.2) is 17.6 Å². The molecule has 1 atom stereocenters. The number of nitrogens with two attached hydrogens (primary N) is 2. The first-order valence-electron chi connectivity index (χ1n) is 9.82. The van der Waals surface area contributed by atoms with Crippen molar-refractivity contribution in [3.05, 3.63) is 88.1 Å². The Morgan fingerprint density at radius 3 is 2.52 bits per heavy atom. The average molecular weight is 409 g/mol. The summed E-state index contributed by atoms with van der Waals surface area (Å²) >= 11 is 0.